The highest BCUT2D eigenvalue weighted by molar-refractivity contribution is 5.88. The molecule has 5 nitrogen and oxygen atoms in total. The van der Waals surface area contributed by atoms with Gasteiger partial charge in [0.2, 0.25) is 5.89 Å². The van der Waals surface area contributed by atoms with E-state index in [1.807, 2.05) is 6.92 Å². The Balaban J connectivity index is 2.29. The Kier molecular flexibility index (Phi) is 4.49. The smallest absolute Gasteiger partial charge is 0.375 e. The molecule has 1 aliphatic carbocycles. The molecule has 5 heteroatoms. The van der Waals surface area contributed by atoms with E-state index in [4.69, 9.17) is 4.42 Å². The monoisotopic (exact) mass is 293 g/mol. The Labute approximate surface area is 124 Å². The summed E-state index contributed by atoms with van der Waals surface area (Å²) in [5, 5.41) is 3.64. The van der Waals surface area contributed by atoms with Crippen molar-refractivity contribution >= 4 is 5.78 Å². The predicted octanol–water partition coefficient (Wildman–Crippen LogP) is 3.00. The minimum absolute atomic E-state index is 0.0924. The van der Waals surface area contributed by atoms with Gasteiger partial charge in [-0.25, -0.2) is 4.79 Å². The van der Waals surface area contributed by atoms with Crippen LogP contribution in [0.4, 0.5) is 0 Å². The number of hydrogen-bond donors (Lipinski definition) is 0. The molecular weight excluding hydrogens is 270 g/mol. The van der Waals surface area contributed by atoms with Gasteiger partial charge < -0.3 is 4.42 Å². The second kappa shape index (κ2) is 6.00. The van der Waals surface area contributed by atoms with Gasteiger partial charge in [0.25, 0.3) is 0 Å². The van der Waals surface area contributed by atoms with Crippen molar-refractivity contribution in [2.45, 2.75) is 47.0 Å². The van der Waals surface area contributed by atoms with Gasteiger partial charge in [0.15, 0.2) is 0 Å². The lowest BCUT2D eigenvalue weighted by atomic mass is 9.67. The zero-order valence-corrected chi connectivity index (χ0v) is 13.1. The number of ketones is 1. The summed E-state index contributed by atoms with van der Waals surface area (Å²) in [5.41, 5.74) is -0.456. The van der Waals surface area contributed by atoms with Gasteiger partial charge in [-0.15, -0.1) is 0 Å². The van der Waals surface area contributed by atoms with Crippen molar-refractivity contribution in [3.8, 4) is 0 Å². The molecule has 0 radical (unpaired) electrons. The molecule has 0 aromatic carbocycles. The molecule has 1 fully saturated rings. The van der Waals surface area contributed by atoms with Crippen molar-refractivity contribution in [1.29, 1.82) is 0 Å². The number of carbonyl (C=O) groups is 1. The topological polar surface area (TPSA) is 73.3 Å². The van der Waals surface area contributed by atoms with Gasteiger partial charge in [0, 0.05) is 18.3 Å². The number of carbonyl (C=O) groups excluding carboxylic acids is 1. The van der Waals surface area contributed by atoms with Crippen molar-refractivity contribution in [1.82, 2.24) is 5.16 Å². The molecule has 1 heterocycles. The lowest BCUT2D eigenvalue weighted by Gasteiger charge is -2.35. The van der Waals surface area contributed by atoms with Gasteiger partial charge in [-0.05, 0) is 29.3 Å². The molecule has 2 unspecified atom stereocenters. The normalized spacial score (nSPS) is 31.1. The number of allylic oxidation sites excluding steroid dienone is 2. The van der Waals surface area contributed by atoms with Crippen molar-refractivity contribution in [3.63, 3.8) is 0 Å². The molecule has 0 aliphatic heterocycles. The van der Waals surface area contributed by atoms with Crippen LogP contribution in [0.5, 0.6) is 0 Å². The SMILES string of the molecule is CC/C=C\C(C)[C@@]1(C)C(=O)CC(C)[C@@H]1Cc1noc(=O)o1. The zero-order valence-electron chi connectivity index (χ0n) is 13.1. The van der Waals surface area contributed by atoms with E-state index in [9.17, 15) is 9.59 Å². The van der Waals surface area contributed by atoms with E-state index < -0.39 is 11.2 Å². The second-order valence-corrected chi connectivity index (χ2v) is 6.25. The molecule has 0 spiro atoms. The molecule has 1 aromatic rings. The Hall–Kier alpha value is -1.65. The van der Waals surface area contributed by atoms with Crippen LogP contribution in [-0.4, -0.2) is 10.9 Å². The fourth-order valence-electron chi connectivity index (χ4n) is 3.49. The largest absolute Gasteiger partial charge is 0.542 e. The van der Waals surface area contributed by atoms with Crippen LogP contribution in [0.3, 0.4) is 0 Å². The molecule has 116 valence electrons. The third kappa shape index (κ3) is 2.87. The van der Waals surface area contributed by atoms with E-state index in [-0.39, 0.29) is 29.4 Å². The van der Waals surface area contributed by atoms with Gasteiger partial charge >= 0.3 is 5.82 Å². The van der Waals surface area contributed by atoms with Crippen molar-refractivity contribution < 1.29 is 13.7 Å². The first-order valence-electron chi connectivity index (χ1n) is 7.55. The average Bonchev–Trinajstić information content (AvgIpc) is 2.94. The number of rotatable bonds is 5. The maximum Gasteiger partial charge on any atom is 0.542 e. The summed E-state index contributed by atoms with van der Waals surface area (Å²) < 4.78 is 9.38. The predicted molar refractivity (Wildman–Crippen MR) is 77.7 cm³/mol. The van der Waals surface area contributed by atoms with Crippen LogP contribution in [0.15, 0.2) is 25.9 Å². The van der Waals surface area contributed by atoms with Gasteiger partial charge in [-0.3, -0.25) is 9.32 Å². The van der Waals surface area contributed by atoms with Gasteiger partial charge in [0.05, 0.1) is 0 Å². The first-order chi connectivity index (χ1) is 9.89. The van der Waals surface area contributed by atoms with Gasteiger partial charge in [-0.1, -0.05) is 39.8 Å². The van der Waals surface area contributed by atoms with E-state index >= 15 is 0 Å². The molecule has 1 aromatic heterocycles. The van der Waals surface area contributed by atoms with Crippen LogP contribution in [-0.2, 0) is 11.2 Å². The average molecular weight is 293 g/mol. The van der Waals surface area contributed by atoms with E-state index in [2.05, 4.69) is 42.6 Å². The van der Waals surface area contributed by atoms with E-state index in [0.717, 1.165) is 6.42 Å². The van der Waals surface area contributed by atoms with Crippen molar-refractivity contribution in [3.05, 3.63) is 28.7 Å². The van der Waals surface area contributed by atoms with Crippen LogP contribution in [0.2, 0.25) is 0 Å². The highest BCUT2D eigenvalue weighted by atomic mass is 16.6. The molecule has 21 heavy (non-hydrogen) atoms. The maximum atomic E-state index is 12.5. The van der Waals surface area contributed by atoms with E-state index in [1.165, 1.54) is 0 Å². The highest BCUT2D eigenvalue weighted by Crippen LogP contribution is 2.50. The fourth-order valence-corrected chi connectivity index (χ4v) is 3.49. The quantitative estimate of drug-likeness (QED) is 0.780. The third-order valence-corrected chi connectivity index (χ3v) is 4.99. The summed E-state index contributed by atoms with van der Waals surface area (Å²) in [6.45, 7) is 8.24. The van der Waals surface area contributed by atoms with Crippen LogP contribution < -0.4 is 5.82 Å². The van der Waals surface area contributed by atoms with E-state index in [1.54, 1.807) is 0 Å². The summed E-state index contributed by atoms with van der Waals surface area (Å²) in [7, 11) is 0. The molecule has 0 saturated heterocycles. The standard InChI is InChI=1S/C16H23NO4/c1-5-6-7-11(3)16(4)12(10(2)8-13(16)18)9-14-17-21-15(19)20-14/h6-7,10-12H,5,8-9H2,1-4H3/b7-6-/t10?,11?,12-,16+/m0/s1. The minimum Gasteiger partial charge on any atom is -0.375 e. The number of nitrogens with zero attached hydrogens (tertiary/aromatic N) is 1. The van der Waals surface area contributed by atoms with Crippen LogP contribution in [0.1, 0.15) is 46.4 Å². The summed E-state index contributed by atoms with van der Waals surface area (Å²) in [5.74, 6) is 0.237. The molecule has 2 rings (SSSR count). The van der Waals surface area contributed by atoms with Gasteiger partial charge in [0.1, 0.15) is 5.78 Å². The summed E-state index contributed by atoms with van der Waals surface area (Å²) in [6.07, 6.45) is 6.18. The second-order valence-electron chi connectivity index (χ2n) is 6.25. The molecule has 1 aliphatic rings. The molecule has 1 saturated carbocycles. The number of Topliss-reactive ketones (excluding diaryl/α,β-unsaturated/α-hetero) is 1. The first-order valence-corrected chi connectivity index (χ1v) is 7.55. The Morgan fingerprint density at radius 3 is 2.76 bits per heavy atom. The zero-order chi connectivity index (χ0) is 15.6. The third-order valence-electron chi connectivity index (χ3n) is 4.99. The van der Waals surface area contributed by atoms with Crippen LogP contribution in [0.25, 0.3) is 0 Å². The Morgan fingerprint density at radius 1 is 1.48 bits per heavy atom. The Morgan fingerprint density at radius 2 is 2.19 bits per heavy atom. The summed E-state index contributed by atoms with van der Waals surface area (Å²) in [6, 6.07) is 0. The first kappa shape index (κ1) is 15.7. The Bertz CT molecular complexity index is 585. The summed E-state index contributed by atoms with van der Waals surface area (Å²) >= 11 is 0. The number of aromatic nitrogens is 1. The fraction of sp³-hybridized carbons (Fsp3) is 0.688. The lowest BCUT2D eigenvalue weighted by molar-refractivity contribution is -0.128. The minimum atomic E-state index is -0.789. The molecule has 0 N–H and O–H groups in total. The van der Waals surface area contributed by atoms with Crippen molar-refractivity contribution in [2.75, 3.05) is 0 Å². The molecule has 4 atom stereocenters. The highest BCUT2D eigenvalue weighted by Gasteiger charge is 2.52. The summed E-state index contributed by atoms with van der Waals surface area (Å²) in [4.78, 5) is 23.5. The molecular formula is C16H23NO4. The lowest BCUT2D eigenvalue weighted by Crippen LogP contribution is -2.37. The molecule has 0 bridgehead atoms. The molecule has 0 amide bonds. The van der Waals surface area contributed by atoms with Crippen molar-refractivity contribution in [2.24, 2.45) is 23.2 Å². The maximum absolute atomic E-state index is 12.5. The number of hydrogen-bond acceptors (Lipinski definition) is 5. The van der Waals surface area contributed by atoms with Crippen LogP contribution in [0, 0.1) is 23.2 Å². The van der Waals surface area contributed by atoms with Crippen LogP contribution >= 0.6 is 0 Å². The van der Waals surface area contributed by atoms with E-state index in [0.29, 0.717) is 12.8 Å². The van der Waals surface area contributed by atoms with Gasteiger partial charge in [-0.2, -0.15) is 0 Å².